The Kier molecular flexibility index (Phi) is 8.96. The summed E-state index contributed by atoms with van der Waals surface area (Å²) in [6, 6.07) is 26.9. The molecule has 2 aliphatic heterocycles. The number of alkyl halides is 1. The van der Waals surface area contributed by atoms with Crippen molar-refractivity contribution in [2.75, 3.05) is 9.80 Å². The van der Waals surface area contributed by atoms with Crippen molar-refractivity contribution >= 4 is 91.0 Å². The Bertz CT molecular complexity index is 2670. The zero-order valence-corrected chi connectivity index (χ0v) is 38.0. The third-order valence-corrected chi connectivity index (χ3v) is 14.9. The first kappa shape index (κ1) is 39.4. The third-order valence-electron chi connectivity index (χ3n) is 13.8. The van der Waals surface area contributed by atoms with Crippen molar-refractivity contribution in [1.29, 1.82) is 0 Å². The number of nitrogens with zero attached hydrogens (tertiary/aromatic N) is 2. The predicted octanol–water partition coefficient (Wildman–Crippen LogP) is 13.4. The molecule has 0 unspecified atom stereocenters. The summed E-state index contributed by atoms with van der Waals surface area (Å²) in [6.07, 6.45) is 4.03. The largest absolute Gasteiger partial charge is 0.468 e. The van der Waals surface area contributed by atoms with Crippen LogP contribution in [0.3, 0.4) is 0 Å². The molecule has 0 amide bonds. The number of rotatable bonds is 5. The van der Waals surface area contributed by atoms with E-state index in [9.17, 15) is 4.39 Å². The fraction of sp³-hybridized carbons (Fsp3) is 0.373. The lowest BCUT2D eigenvalue weighted by molar-refractivity contribution is 0.394. The van der Waals surface area contributed by atoms with Crippen molar-refractivity contribution in [2.24, 2.45) is 0 Å². The fourth-order valence-corrected chi connectivity index (χ4v) is 10.7. The second-order valence-electron chi connectivity index (χ2n) is 19.7. The maximum atomic E-state index is 16.5. The molecule has 1 aromatic heterocycles. The molecule has 9 rings (SSSR count). The number of furan rings is 1. The van der Waals surface area contributed by atoms with Crippen LogP contribution in [0.1, 0.15) is 122 Å². The molecular weight excluding hydrogens is 832 g/mol. The average Bonchev–Trinajstić information content (AvgIpc) is 3.54. The van der Waals surface area contributed by atoms with Crippen LogP contribution in [-0.2, 0) is 26.1 Å². The number of hydrogen-bond acceptors (Lipinski definition) is 3. The van der Waals surface area contributed by atoms with Gasteiger partial charge in [-0.3, -0.25) is 0 Å². The molecule has 3 heterocycles. The SMILES string of the molecule is CCc1cc2c(cc1C(C)(C)CC)B1c3oc4cc5c(cc4c3N(c3ccc(F)cc3F)c3cc(C)cc(c31)N2c1ccc(C(C)(C)C)cc1)C(C)(C)CC[C@@]5(C)I. The smallest absolute Gasteiger partial charge is 0.297 e. The molecule has 0 spiro atoms. The Morgan fingerprint density at radius 3 is 2.10 bits per heavy atom. The molecule has 7 heteroatoms. The second-order valence-corrected chi connectivity index (χ2v) is 22.0. The van der Waals surface area contributed by atoms with Crippen molar-refractivity contribution in [2.45, 2.75) is 122 Å². The Labute approximate surface area is 357 Å². The lowest BCUT2D eigenvalue weighted by Crippen LogP contribution is -2.61. The van der Waals surface area contributed by atoms with Crippen molar-refractivity contribution in [3.63, 3.8) is 0 Å². The topological polar surface area (TPSA) is 19.6 Å². The maximum absolute atomic E-state index is 16.5. The van der Waals surface area contributed by atoms with Crippen molar-refractivity contribution in [1.82, 2.24) is 0 Å². The molecule has 0 radical (unpaired) electrons. The van der Waals surface area contributed by atoms with Gasteiger partial charge >= 0.3 is 0 Å². The van der Waals surface area contributed by atoms with E-state index in [1.54, 1.807) is 6.07 Å². The Morgan fingerprint density at radius 2 is 1.47 bits per heavy atom. The van der Waals surface area contributed by atoms with Crippen molar-refractivity contribution in [3.8, 4) is 0 Å². The van der Waals surface area contributed by atoms with Crippen LogP contribution in [0.25, 0.3) is 11.0 Å². The highest BCUT2D eigenvalue weighted by Gasteiger charge is 2.49. The zero-order valence-electron chi connectivity index (χ0n) is 35.8. The molecule has 0 saturated heterocycles. The van der Waals surface area contributed by atoms with E-state index < -0.39 is 11.6 Å². The van der Waals surface area contributed by atoms with Crippen LogP contribution < -0.4 is 26.4 Å². The van der Waals surface area contributed by atoms with Crippen LogP contribution in [0.4, 0.5) is 42.9 Å². The molecule has 1 aliphatic carbocycles. The van der Waals surface area contributed by atoms with Crippen LogP contribution in [0.5, 0.6) is 0 Å². The van der Waals surface area contributed by atoms with Gasteiger partial charge in [0.05, 0.1) is 17.0 Å². The maximum Gasteiger partial charge on any atom is 0.297 e. The first-order valence-corrected chi connectivity index (χ1v) is 22.1. The van der Waals surface area contributed by atoms with Crippen molar-refractivity contribution < 1.29 is 13.2 Å². The molecule has 58 heavy (non-hydrogen) atoms. The van der Waals surface area contributed by atoms with Gasteiger partial charge in [-0.2, -0.15) is 0 Å². The van der Waals surface area contributed by atoms with E-state index in [-0.39, 0.29) is 26.4 Å². The highest BCUT2D eigenvalue weighted by atomic mass is 127. The summed E-state index contributed by atoms with van der Waals surface area (Å²) in [5.74, 6) is -1.22. The number of benzene rings is 5. The zero-order chi connectivity index (χ0) is 41.4. The van der Waals surface area contributed by atoms with Gasteiger partial charge in [0.1, 0.15) is 17.2 Å². The van der Waals surface area contributed by atoms with Gasteiger partial charge in [0.15, 0.2) is 0 Å². The third kappa shape index (κ3) is 5.90. The second kappa shape index (κ2) is 13.2. The van der Waals surface area contributed by atoms with Crippen LogP contribution in [0.2, 0.25) is 0 Å². The number of aryl methyl sites for hydroxylation is 2. The molecule has 0 fully saturated rings. The van der Waals surface area contributed by atoms with E-state index in [0.29, 0.717) is 5.69 Å². The van der Waals surface area contributed by atoms with Crippen LogP contribution in [0, 0.1) is 18.6 Å². The minimum absolute atomic E-state index is 0.00253. The summed E-state index contributed by atoms with van der Waals surface area (Å²) >= 11 is 2.62. The predicted molar refractivity (Wildman–Crippen MR) is 250 cm³/mol. The highest BCUT2D eigenvalue weighted by molar-refractivity contribution is 14.1. The van der Waals surface area contributed by atoms with E-state index >= 15 is 4.39 Å². The molecule has 0 N–H and O–H groups in total. The van der Waals surface area contributed by atoms with Gasteiger partial charge in [-0.05, 0) is 155 Å². The molecule has 3 nitrogen and oxygen atoms in total. The monoisotopic (exact) mass is 886 g/mol. The molecule has 0 saturated carbocycles. The quantitative estimate of drug-likeness (QED) is 0.0975. The van der Waals surface area contributed by atoms with E-state index in [4.69, 9.17) is 4.42 Å². The standard InChI is InChI=1S/C51H54BF2IN2O/c1-12-30-24-41-38(27-35(30)49(7,8)13-2)52-45-42(56(41)33-17-14-31(15-18-33)48(4,5)6)22-29(3)23-43(45)57(40-19-16-32(53)25-39(40)54)46-34-26-36-37(28-44(34)58-47(46)52)51(11,55)21-20-50(36,9)10/h14-19,22-28H,12-13,20-21H2,1-11H3/t51-/m1/s1. The summed E-state index contributed by atoms with van der Waals surface area (Å²) in [5, 5.41) is 0.953. The normalized spacial score (nSPS) is 18.3. The number of fused-ring (bicyclic) bond motifs is 7. The average molecular weight is 887 g/mol. The van der Waals surface area contributed by atoms with Crippen molar-refractivity contribution in [3.05, 3.63) is 124 Å². The molecule has 3 aliphatic rings. The van der Waals surface area contributed by atoms with E-state index in [0.717, 1.165) is 87.8 Å². The van der Waals surface area contributed by atoms with Crippen LogP contribution in [0.15, 0.2) is 83.3 Å². The minimum atomic E-state index is -0.613. The Morgan fingerprint density at radius 1 is 0.776 bits per heavy atom. The first-order valence-electron chi connectivity index (χ1n) is 21.0. The van der Waals surface area contributed by atoms with E-state index in [1.165, 1.54) is 39.3 Å². The molecule has 1 atom stereocenters. The summed E-state index contributed by atoms with van der Waals surface area (Å²) in [5.41, 5.74) is 16.6. The molecule has 6 aromatic rings. The van der Waals surface area contributed by atoms with Crippen LogP contribution in [-0.4, -0.2) is 6.71 Å². The van der Waals surface area contributed by atoms with Gasteiger partial charge in [0.25, 0.3) is 6.71 Å². The van der Waals surface area contributed by atoms with Crippen LogP contribution >= 0.6 is 22.6 Å². The van der Waals surface area contributed by atoms with Gasteiger partial charge in [-0.25, -0.2) is 8.78 Å². The molecule has 298 valence electrons. The molecular formula is C51H54BF2IN2O. The Balaban J connectivity index is 1.43. The van der Waals surface area contributed by atoms with Gasteiger partial charge < -0.3 is 14.2 Å². The van der Waals surface area contributed by atoms with Gasteiger partial charge in [-0.1, -0.05) is 103 Å². The highest BCUT2D eigenvalue weighted by Crippen LogP contribution is 2.54. The Hall–Kier alpha value is -4.11. The molecule has 5 aromatic carbocycles. The molecule has 0 bridgehead atoms. The summed E-state index contributed by atoms with van der Waals surface area (Å²) < 4.78 is 38.5. The summed E-state index contributed by atoms with van der Waals surface area (Å²) in [6.45, 7) is 24.8. The van der Waals surface area contributed by atoms with Gasteiger partial charge in [-0.15, -0.1) is 0 Å². The van der Waals surface area contributed by atoms with Gasteiger partial charge in [0, 0.05) is 37.6 Å². The lowest BCUT2D eigenvalue weighted by Gasteiger charge is -2.43. The fourth-order valence-electron chi connectivity index (χ4n) is 9.97. The summed E-state index contributed by atoms with van der Waals surface area (Å²) in [7, 11) is 0. The summed E-state index contributed by atoms with van der Waals surface area (Å²) in [4.78, 5) is 4.45. The number of halogens is 3. The van der Waals surface area contributed by atoms with Gasteiger partial charge in [0.2, 0.25) is 0 Å². The first-order chi connectivity index (χ1) is 27.3. The minimum Gasteiger partial charge on any atom is -0.468 e. The lowest BCUT2D eigenvalue weighted by atomic mass is 9.35. The van der Waals surface area contributed by atoms with E-state index in [1.807, 2.05) is 4.90 Å². The van der Waals surface area contributed by atoms with E-state index in [2.05, 4.69) is 164 Å². The number of hydrogen-bond donors (Lipinski definition) is 0. The number of anilines is 6.